The van der Waals surface area contributed by atoms with Gasteiger partial charge >= 0.3 is 22.7 Å². The first kappa shape index (κ1) is 39.7. The van der Waals surface area contributed by atoms with Crippen molar-refractivity contribution < 1.29 is 48.7 Å². The topological polar surface area (TPSA) is 283 Å². The zero-order valence-electron chi connectivity index (χ0n) is 31.8. The molecule has 306 valence electrons. The lowest BCUT2D eigenvalue weighted by atomic mass is 9.57. The van der Waals surface area contributed by atoms with Crippen molar-refractivity contribution in [3.63, 3.8) is 0 Å². The zero-order chi connectivity index (χ0) is 43.1. The van der Waals surface area contributed by atoms with Crippen molar-refractivity contribution in [1.29, 1.82) is 0 Å². The van der Waals surface area contributed by atoms with E-state index in [4.69, 9.17) is 4.74 Å². The Kier molecular flexibility index (Phi) is 9.52. The number of rotatable bonds is 10. The molecule has 3 aromatic carbocycles. The summed E-state index contributed by atoms with van der Waals surface area (Å²) in [4.78, 5) is 107. The first-order chi connectivity index (χ1) is 27.8. The van der Waals surface area contributed by atoms with Gasteiger partial charge in [0.2, 0.25) is 23.6 Å². The maximum atomic E-state index is 14.7. The molecule has 59 heavy (non-hydrogen) atoms. The van der Waals surface area contributed by atoms with Gasteiger partial charge in [0.15, 0.2) is 11.4 Å². The molecule has 3 aromatic rings. The van der Waals surface area contributed by atoms with Crippen molar-refractivity contribution >= 4 is 69.1 Å². The molecule has 2 aliphatic heterocycles. The summed E-state index contributed by atoms with van der Waals surface area (Å²) in [5.74, 6) is -11.0. The molecule has 7 rings (SSSR count). The molecule has 22 nitrogen and oxygen atoms in total. The predicted octanol–water partition coefficient (Wildman–Crippen LogP) is 4.21. The zero-order valence-corrected chi connectivity index (χ0v) is 31.8. The summed E-state index contributed by atoms with van der Waals surface area (Å²) in [6, 6.07) is 7.83. The molecule has 0 bridgehead atoms. The molecule has 2 saturated heterocycles. The number of fused-ring (bicyclic) bond motifs is 4. The van der Waals surface area contributed by atoms with E-state index in [-0.39, 0.29) is 41.3 Å². The lowest BCUT2D eigenvalue weighted by Crippen LogP contribution is -2.43. The largest absolute Gasteiger partial charge is 0.508 e. The maximum absolute atomic E-state index is 14.7. The molecule has 0 aromatic heterocycles. The first-order valence-electron chi connectivity index (χ1n) is 17.9. The van der Waals surface area contributed by atoms with E-state index in [0.717, 1.165) is 34.1 Å². The summed E-state index contributed by atoms with van der Waals surface area (Å²) >= 11 is 0. The Morgan fingerprint density at radius 2 is 1.10 bits per heavy atom. The van der Waals surface area contributed by atoms with Crippen LogP contribution in [0.4, 0.5) is 45.5 Å². The second-order valence-corrected chi connectivity index (χ2v) is 14.9. The number of hydrogen-bond donors (Lipinski definition) is 1. The molecule has 0 unspecified atom stereocenters. The van der Waals surface area contributed by atoms with Crippen LogP contribution in [0.5, 0.6) is 11.5 Å². The van der Waals surface area contributed by atoms with Crippen molar-refractivity contribution in [2.75, 3.05) is 54.9 Å². The van der Waals surface area contributed by atoms with Gasteiger partial charge in [0.05, 0.1) is 61.8 Å². The van der Waals surface area contributed by atoms with E-state index in [9.17, 15) is 64.7 Å². The summed E-state index contributed by atoms with van der Waals surface area (Å²) in [6.07, 6.45) is 1.25. The number of phenols is 1. The van der Waals surface area contributed by atoms with Crippen molar-refractivity contribution in [3.8, 4) is 11.5 Å². The molecule has 0 radical (unpaired) electrons. The van der Waals surface area contributed by atoms with Crippen LogP contribution < -0.4 is 24.3 Å². The van der Waals surface area contributed by atoms with Crippen LogP contribution >= 0.6 is 0 Å². The van der Waals surface area contributed by atoms with Crippen molar-refractivity contribution in [2.24, 2.45) is 29.6 Å². The molecule has 1 N–H and O–H groups in total. The quantitative estimate of drug-likeness (QED) is 0.130. The summed E-state index contributed by atoms with van der Waals surface area (Å²) in [7, 11) is 6.71. The van der Waals surface area contributed by atoms with Crippen LogP contribution in [-0.4, -0.2) is 83.7 Å². The van der Waals surface area contributed by atoms with Gasteiger partial charge in [-0.15, -0.1) is 0 Å². The summed E-state index contributed by atoms with van der Waals surface area (Å²) in [5.41, 5.74) is -4.22. The van der Waals surface area contributed by atoms with Gasteiger partial charge in [0.1, 0.15) is 11.5 Å². The van der Waals surface area contributed by atoms with E-state index in [0.29, 0.717) is 15.4 Å². The number of anilines is 4. The molecule has 1 saturated carbocycles. The number of nitro groups is 4. The SMILES string of the molecule is COc1cccc(O)c1[C@H]1C2=CC[C@@H]3C(=O)N(c4cc([N+](=O)[O-])c(N(C)C)c([N+](=O)[O-])c4)C(=O)[C@@H]3[C@@H]2C[C@H]2C(=O)N(c3cc([N+](=O)[O-])c(N(C)C)c([N+](=O)[O-])c3)C(=O)[C@@H]12. The maximum Gasteiger partial charge on any atom is 0.301 e. The van der Waals surface area contributed by atoms with Crippen LogP contribution in [-0.2, 0) is 19.2 Å². The number of amides is 4. The number of nitrogens with zero attached hydrogens (tertiary/aromatic N) is 8. The predicted molar refractivity (Wildman–Crippen MR) is 205 cm³/mol. The fraction of sp³-hybridized carbons (Fsp3) is 0.351. The molecular formula is C37H34N8O14. The van der Waals surface area contributed by atoms with Crippen molar-refractivity contribution in [2.45, 2.75) is 18.8 Å². The number of carbonyl (C=O) groups excluding carboxylic acids is 4. The third-order valence-corrected chi connectivity index (χ3v) is 11.5. The summed E-state index contributed by atoms with van der Waals surface area (Å²) in [6.45, 7) is 0. The fourth-order valence-electron chi connectivity index (χ4n) is 9.35. The van der Waals surface area contributed by atoms with Crippen LogP contribution in [0.3, 0.4) is 0 Å². The van der Waals surface area contributed by atoms with Crippen LogP contribution in [0.1, 0.15) is 24.3 Å². The van der Waals surface area contributed by atoms with Gasteiger partial charge in [-0.05, 0) is 30.9 Å². The monoisotopic (exact) mass is 814 g/mol. The number of phenolic OH excluding ortho intramolecular Hbond substituents is 1. The Hall–Kier alpha value is -7.52. The van der Waals surface area contributed by atoms with Crippen LogP contribution in [0, 0.1) is 70.0 Å². The molecule has 4 amide bonds. The molecule has 3 fully saturated rings. The highest BCUT2D eigenvalue weighted by atomic mass is 16.6. The van der Waals surface area contributed by atoms with E-state index in [2.05, 4.69) is 0 Å². The van der Waals surface area contributed by atoms with Crippen molar-refractivity contribution in [1.82, 2.24) is 0 Å². The number of hydrogen-bond acceptors (Lipinski definition) is 16. The van der Waals surface area contributed by atoms with Gasteiger partial charge in [-0.1, -0.05) is 17.7 Å². The Labute approximate surface area is 332 Å². The summed E-state index contributed by atoms with van der Waals surface area (Å²) < 4.78 is 5.59. The number of benzene rings is 3. The van der Waals surface area contributed by atoms with E-state index < -0.39 is 113 Å². The molecule has 22 heteroatoms. The number of aromatic hydroxyl groups is 1. The average molecular weight is 815 g/mol. The van der Waals surface area contributed by atoms with Gasteiger partial charge < -0.3 is 19.6 Å². The minimum absolute atomic E-state index is 0.0569. The summed E-state index contributed by atoms with van der Waals surface area (Å²) in [5, 5.41) is 60.1. The minimum Gasteiger partial charge on any atom is -0.508 e. The molecule has 4 aliphatic rings. The van der Waals surface area contributed by atoms with Gasteiger partial charge in [0, 0.05) is 63.9 Å². The minimum atomic E-state index is -1.34. The number of nitro benzene ring substituents is 4. The van der Waals surface area contributed by atoms with Crippen LogP contribution in [0.15, 0.2) is 54.1 Å². The fourth-order valence-corrected chi connectivity index (χ4v) is 9.35. The molecular weight excluding hydrogens is 780 g/mol. The van der Waals surface area contributed by atoms with Crippen LogP contribution in [0.25, 0.3) is 0 Å². The van der Waals surface area contributed by atoms with Gasteiger partial charge in [-0.3, -0.25) is 59.6 Å². The average Bonchev–Trinajstić information content (AvgIpc) is 3.58. The number of imide groups is 2. The lowest BCUT2D eigenvalue weighted by Gasteiger charge is -2.44. The Morgan fingerprint density at radius 3 is 1.53 bits per heavy atom. The Morgan fingerprint density at radius 1 is 0.661 bits per heavy atom. The van der Waals surface area contributed by atoms with Crippen LogP contribution in [0.2, 0.25) is 0 Å². The highest BCUT2D eigenvalue weighted by Gasteiger charge is 2.63. The standard InChI is InChI=1S/C37H34N8O14/c1-38(2)32-22(42(51)52)11-16(12-23(32)43(53)54)40-34(47)19-10-9-18-20(28(19)36(40)49)15-21-30(29(18)31-26(46)7-6-8-27(31)59-5)37(50)41(35(21)48)17-13-24(44(55)56)33(39(3)4)25(14-17)45(57)58/h6-9,11-14,19-21,28-30,46H,10,15H2,1-5H3/t19-,20+,21+,28-,29-,30+/m0/s1. The van der Waals surface area contributed by atoms with E-state index in [1.54, 1.807) is 6.08 Å². The smallest absolute Gasteiger partial charge is 0.301 e. The molecule has 2 heterocycles. The number of allylic oxidation sites excluding steroid dienone is 2. The Balaban J connectivity index is 1.39. The first-order valence-corrected chi connectivity index (χ1v) is 17.9. The molecule has 6 atom stereocenters. The lowest BCUT2D eigenvalue weighted by molar-refractivity contribution is -0.392. The second-order valence-electron chi connectivity index (χ2n) is 14.9. The number of ether oxygens (including phenoxy) is 1. The third kappa shape index (κ3) is 5.93. The molecule has 2 aliphatic carbocycles. The molecule has 0 spiro atoms. The normalized spacial score (nSPS) is 23.3. The highest BCUT2D eigenvalue weighted by Crippen LogP contribution is 2.61. The van der Waals surface area contributed by atoms with E-state index in [1.165, 1.54) is 53.5 Å². The van der Waals surface area contributed by atoms with Gasteiger partial charge in [0.25, 0.3) is 0 Å². The Bertz CT molecular complexity index is 2410. The third-order valence-electron chi connectivity index (χ3n) is 11.5. The second kappa shape index (κ2) is 14.1. The van der Waals surface area contributed by atoms with Gasteiger partial charge in [-0.25, -0.2) is 9.80 Å². The van der Waals surface area contributed by atoms with E-state index in [1.807, 2.05) is 0 Å². The highest BCUT2D eigenvalue weighted by molar-refractivity contribution is 6.24. The number of carbonyl (C=O) groups is 4. The van der Waals surface area contributed by atoms with Gasteiger partial charge in [-0.2, -0.15) is 0 Å². The van der Waals surface area contributed by atoms with Crippen molar-refractivity contribution in [3.05, 3.63) is 100 Å². The number of methoxy groups -OCH3 is 1. The van der Waals surface area contributed by atoms with E-state index >= 15 is 0 Å².